The van der Waals surface area contributed by atoms with Gasteiger partial charge in [-0.05, 0) is 35.9 Å². The van der Waals surface area contributed by atoms with E-state index in [2.05, 4.69) is 9.71 Å². The molecule has 2 aromatic carbocycles. The van der Waals surface area contributed by atoms with Gasteiger partial charge in [-0.3, -0.25) is 4.79 Å². The van der Waals surface area contributed by atoms with Gasteiger partial charge in [0.05, 0.1) is 10.5 Å². The predicted molar refractivity (Wildman–Crippen MR) is 97.1 cm³/mol. The zero-order chi connectivity index (χ0) is 19.6. The van der Waals surface area contributed by atoms with E-state index in [0.717, 1.165) is 35.2 Å². The van der Waals surface area contributed by atoms with Gasteiger partial charge in [-0.1, -0.05) is 18.2 Å². The van der Waals surface area contributed by atoms with Crippen LogP contribution in [0.4, 0.5) is 0 Å². The normalized spacial score (nSPS) is 12.7. The fourth-order valence-corrected chi connectivity index (χ4v) is 3.92. The molecule has 0 saturated heterocycles. The molecule has 3 rings (SSSR count). The summed E-state index contributed by atoms with van der Waals surface area (Å²) in [6.45, 7) is 0. The highest BCUT2D eigenvalue weighted by Crippen LogP contribution is 2.20. The number of nitrogens with one attached hydrogen (secondary N) is 2. The van der Waals surface area contributed by atoms with Crippen molar-refractivity contribution in [3.8, 4) is 0 Å². The number of carboxylic acids is 2. The molecule has 0 aliphatic rings. The van der Waals surface area contributed by atoms with Crippen molar-refractivity contribution in [3.63, 3.8) is 0 Å². The smallest absolute Gasteiger partial charge is 0.335 e. The molecule has 0 fully saturated rings. The van der Waals surface area contributed by atoms with Crippen molar-refractivity contribution >= 4 is 32.9 Å². The SMILES string of the molecule is O=C(O)c1ccc(S(=O)(=O)N[C@@H](Cc2c[nH]c3ccccc23)C(=O)O)cc1. The zero-order valence-corrected chi connectivity index (χ0v) is 14.7. The van der Waals surface area contributed by atoms with Crippen LogP contribution in [0.15, 0.2) is 59.6 Å². The number of rotatable bonds is 7. The molecule has 140 valence electrons. The Morgan fingerprint density at radius 2 is 1.70 bits per heavy atom. The Balaban J connectivity index is 1.85. The number of aromatic carboxylic acids is 1. The van der Waals surface area contributed by atoms with Gasteiger partial charge in [0.2, 0.25) is 10.0 Å². The number of hydrogen-bond donors (Lipinski definition) is 4. The zero-order valence-electron chi connectivity index (χ0n) is 13.9. The lowest BCUT2D eigenvalue weighted by Gasteiger charge is -2.15. The van der Waals surface area contributed by atoms with Gasteiger partial charge in [-0.15, -0.1) is 0 Å². The third kappa shape index (κ3) is 3.99. The Kier molecular flexibility index (Phi) is 4.98. The summed E-state index contributed by atoms with van der Waals surface area (Å²) in [5.41, 5.74) is 1.42. The van der Waals surface area contributed by atoms with Crippen molar-refractivity contribution in [3.05, 3.63) is 65.9 Å². The second kappa shape index (κ2) is 7.22. The van der Waals surface area contributed by atoms with Crippen LogP contribution in [0.3, 0.4) is 0 Å². The van der Waals surface area contributed by atoms with E-state index in [-0.39, 0.29) is 16.9 Å². The average Bonchev–Trinajstić information content (AvgIpc) is 3.04. The highest BCUT2D eigenvalue weighted by molar-refractivity contribution is 7.89. The van der Waals surface area contributed by atoms with Gasteiger partial charge >= 0.3 is 11.9 Å². The largest absolute Gasteiger partial charge is 0.480 e. The van der Waals surface area contributed by atoms with Gasteiger partial charge in [-0.2, -0.15) is 4.72 Å². The van der Waals surface area contributed by atoms with Crippen molar-refractivity contribution in [2.75, 3.05) is 0 Å². The Hall–Kier alpha value is -3.17. The molecule has 1 heterocycles. The molecule has 8 nitrogen and oxygen atoms in total. The van der Waals surface area contributed by atoms with Crippen LogP contribution >= 0.6 is 0 Å². The summed E-state index contributed by atoms with van der Waals surface area (Å²) in [5, 5.41) is 19.2. The van der Waals surface area contributed by atoms with Crippen LogP contribution in [0.25, 0.3) is 10.9 Å². The first-order valence-electron chi connectivity index (χ1n) is 7.91. The van der Waals surface area contributed by atoms with Crippen LogP contribution in [0, 0.1) is 0 Å². The molecule has 0 saturated carbocycles. The van der Waals surface area contributed by atoms with Gasteiger partial charge in [0.25, 0.3) is 0 Å². The molecule has 0 aliphatic carbocycles. The molecular formula is C18H16N2O6S. The second-order valence-electron chi connectivity index (χ2n) is 5.91. The third-order valence-corrected chi connectivity index (χ3v) is 5.59. The van der Waals surface area contributed by atoms with Crippen molar-refractivity contribution in [2.45, 2.75) is 17.4 Å². The maximum atomic E-state index is 12.5. The van der Waals surface area contributed by atoms with E-state index in [9.17, 15) is 23.1 Å². The van der Waals surface area contributed by atoms with E-state index in [1.165, 1.54) is 0 Å². The van der Waals surface area contributed by atoms with Gasteiger partial charge < -0.3 is 15.2 Å². The van der Waals surface area contributed by atoms with Gasteiger partial charge in [0.1, 0.15) is 6.04 Å². The highest BCUT2D eigenvalue weighted by atomic mass is 32.2. The highest BCUT2D eigenvalue weighted by Gasteiger charge is 2.26. The van der Waals surface area contributed by atoms with Crippen LogP contribution in [-0.2, 0) is 21.2 Å². The molecule has 27 heavy (non-hydrogen) atoms. The summed E-state index contributed by atoms with van der Waals surface area (Å²) in [7, 11) is -4.14. The number of benzene rings is 2. The molecule has 0 aliphatic heterocycles. The molecule has 0 amide bonds. The Labute approximate surface area is 154 Å². The number of H-pyrrole nitrogens is 1. The maximum absolute atomic E-state index is 12.5. The fourth-order valence-electron chi connectivity index (χ4n) is 2.73. The van der Waals surface area contributed by atoms with Crippen LogP contribution in [0.5, 0.6) is 0 Å². The number of sulfonamides is 1. The van der Waals surface area contributed by atoms with Crippen molar-refractivity contribution < 1.29 is 28.2 Å². The minimum absolute atomic E-state index is 0.0498. The van der Waals surface area contributed by atoms with Crippen LogP contribution in [0.1, 0.15) is 15.9 Å². The first kappa shape index (κ1) is 18.6. The van der Waals surface area contributed by atoms with E-state index in [4.69, 9.17) is 5.11 Å². The number of aliphatic carboxylic acids is 1. The molecular weight excluding hydrogens is 372 g/mol. The summed E-state index contributed by atoms with van der Waals surface area (Å²) in [6, 6.07) is 10.5. The average molecular weight is 388 g/mol. The molecule has 4 N–H and O–H groups in total. The first-order valence-corrected chi connectivity index (χ1v) is 9.40. The lowest BCUT2D eigenvalue weighted by Crippen LogP contribution is -2.42. The number of hydrogen-bond acceptors (Lipinski definition) is 4. The summed E-state index contributed by atoms with van der Waals surface area (Å²) < 4.78 is 27.2. The molecule has 1 atom stereocenters. The maximum Gasteiger partial charge on any atom is 0.335 e. The van der Waals surface area contributed by atoms with E-state index >= 15 is 0 Å². The van der Waals surface area contributed by atoms with E-state index in [1.807, 2.05) is 24.3 Å². The van der Waals surface area contributed by atoms with E-state index in [1.54, 1.807) is 6.20 Å². The van der Waals surface area contributed by atoms with Gasteiger partial charge in [-0.25, -0.2) is 13.2 Å². The Bertz CT molecular complexity index is 1100. The third-order valence-electron chi connectivity index (χ3n) is 4.11. The van der Waals surface area contributed by atoms with Crippen LogP contribution in [-0.4, -0.2) is 41.6 Å². The number of carboxylic acid groups (broad SMARTS) is 2. The monoisotopic (exact) mass is 388 g/mol. The summed E-state index contributed by atoms with van der Waals surface area (Å²) in [6.07, 6.45) is 1.60. The Morgan fingerprint density at radius 3 is 2.33 bits per heavy atom. The molecule has 0 spiro atoms. The molecule has 0 bridgehead atoms. The summed E-state index contributed by atoms with van der Waals surface area (Å²) in [5.74, 6) is -2.50. The molecule has 0 unspecified atom stereocenters. The van der Waals surface area contributed by atoms with Crippen molar-refractivity contribution in [2.24, 2.45) is 0 Å². The van der Waals surface area contributed by atoms with Crippen LogP contribution in [0.2, 0.25) is 0 Å². The lowest BCUT2D eigenvalue weighted by molar-refractivity contribution is -0.138. The molecule has 9 heteroatoms. The predicted octanol–water partition coefficient (Wildman–Crippen LogP) is 1.84. The quantitative estimate of drug-likeness (QED) is 0.487. The standard InChI is InChI=1S/C18H16N2O6S/c21-17(22)11-5-7-13(8-6-11)27(25,26)20-16(18(23)24)9-12-10-19-15-4-2-1-3-14(12)15/h1-8,10,16,19-20H,9H2,(H,21,22)(H,23,24)/t16-/m0/s1. The van der Waals surface area contributed by atoms with Crippen molar-refractivity contribution in [1.82, 2.24) is 9.71 Å². The van der Waals surface area contributed by atoms with Crippen LogP contribution < -0.4 is 4.72 Å². The number of fused-ring (bicyclic) bond motifs is 1. The molecule has 0 radical (unpaired) electrons. The van der Waals surface area contributed by atoms with Gasteiger partial charge in [0.15, 0.2) is 0 Å². The number of carbonyl (C=O) groups is 2. The topological polar surface area (TPSA) is 137 Å². The molecule has 1 aromatic heterocycles. The lowest BCUT2D eigenvalue weighted by atomic mass is 10.1. The minimum atomic E-state index is -4.14. The molecule has 3 aromatic rings. The van der Waals surface area contributed by atoms with Gasteiger partial charge in [0, 0.05) is 23.5 Å². The van der Waals surface area contributed by atoms with Crippen molar-refractivity contribution in [1.29, 1.82) is 0 Å². The minimum Gasteiger partial charge on any atom is -0.480 e. The first-order chi connectivity index (χ1) is 12.8. The fraction of sp³-hybridized carbons (Fsp3) is 0.111. The number of aromatic amines is 1. The van der Waals surface area contributed by atoms with E-state index in [0.29, 0.717) is 5.56 Å². The summed E-state index contributed by atoms with van der Waals surface area (Å²) in [4.78, 5) is 25.3. The number of aromatic nitrogens is 1. The number of para-hydroxylation sites is 1. The summed E-state index contributed by atoms with van der Waals surface area (Å²) >= 11 is 0. The van der Waals surface area contributed by atoms with E-state index < -0.39 is 28.0 Å². The Morgan fingerprint density at radius 1 is 1.04 bits per heavy atom. The second-order valence-corrected chi connectivity index (χ2v) is 7.62.